The van der Waals surface area contributed by atoms with Crippen LogP contribution < -0.4 is 10.6 Å². The molecule has 0 spiro atoms. The van der Waals surface area contributed by atoms with Crippen molar-refractivity contribution in [1.29, 1.82) is 0 Å². The number of anilines is 2. The summed E-state index contributed by atoms with van der Waals surface area (Å²) in [5, 5.41) is 4.92. The van der Waals surface area contributed by atoms with E-state index >= 15 is 0 Å². The van der Waals surface area contributed by atoms with Gasteiger partial charge in [-0.1, -0.05) is 12.1 Å². The van der Waals surface area contributed by atoms with Crippen LogP contribution in [0.2, 0.25) is 0 Å². The van der Waals surface area contributed by atoms with E-state index in [9.17, 15) is 14.0 Å². The van der Waals surface area contributed by atoms with Crippen LogP contribution in [-0.4, -0.2) is 16.8 Å². The molecule has 1 aromatic heterocycles. The molecule has 2 rings (SSSR count). The number of halogens is 1. The van der Waals surface area contributed by atoms with Gasteiger partial charge < -0.3 is 10.6 Å². The van der Waals surface area contributed by atoms with Crippen LogP contribution >= 0.6 is 0 Å². The van der Waals surface area contributed by atoms with E-state index in [1.54, 1.807) is 6.07 Å². The number of benzene rings is 1. The molecule has 2 aromatic rings. The first-order chi connectivity index (χ1) is 9.56. The summed E-state index contributed by atoms with van der Waals surface area (Å²) < 4.78 is 13.4. The quantitative estimate of drug-likeness (QED) is 0.902. The number of carbonyl (C=O) groups excluding carboxylic acids is 2. The van der Waals surface area contributed by atoms with Gasteiger partial charge in [0, 0.05) is 18.7 Å². The molecule has 2 N–H and O–H groups in total. The van der Waals surface area contributed by atoms with E-state index in [4.69, 9.17) is 0 Å². The van der Waals surface area contributed by atoms with E-state index in [0.717, 1.165) is 0 Å². The number of rotatable bonds is 3. The summed E-state index contributed by atoms with van der Waals surface area (Å²) in [4.78, 5) is 26.8. The van der Waals surface area contributed by atoms with E-state index < -0.39 is 11.7 Å². The monoisotopic (exact) mass is 273 g/mol. The average Bonchev–Trinajstić information content (AvgIpc) is 2.41. The molecule has 2 amide bonds. The third kappa shape index (κ3) is 3.38. The molecule has 0 saturated carbocycles. The number of nitrogens with one attached hydrogen (secondary N) is 2. The molecule has 0 aliphatic heterocycles. The van der Waals surface area contributed by atoms with Crippen molar-refractivity contribution in [2.24, 2.45) is 0 Å². The van der Waals surface area contributed by atoms with Gasteiger partial charge in [0.25, 0.3) is 5.91 Å². The molecule has 102 valence electrons. The minimum absolute atomic E-state index is 0.0930. The van der Waals surface area contributed by atoms with Crippen molar-refractivity contribution in [3.63, 3.8) is 0 Å². The number of para-hydroxylation sites is 1. The topological polar surface area (TPSA) is 71.1 Å². The molecule has 0 atom stereocenters. The second-order valence-corrected chi connectivity index (χ2v) is 4.04. The summed E-state index contributed by atoms with van der Waals surface area (Å²) in [6, 6.07) is 8.76. The highest BCUT2D eigenvalue weighted by Gasteiger charge is 2.10. The van der Waals surface area contributed by atoms with Crippen molar-refractivity contribution in [2.75, 3.05) is 10.6 Å². The molecule has 0 aliphatic carbocycles. The van der Waals surface area contributed by atoms with Crippen molar-refractivity contribution < 1.29 is 14.0 Å². The minimum Gasteiger partial charge on any atom is -0.319 e. The normalized spacial score (nSPS) is 9.90. The Kier molecular flexibility index (Phi) is 4.05. The second kappa shape index (κ2) is 5.92. The molecule has 0 aliphatic rings. The molecule has 20 heavy (non-hydrogen) atoms. The highest BCUT2D eigenvalue weighted by atomic mass is 19.1. The zero-order valence-electron chi connectivity index (χ0n) is 10.7. The number of pyridine rings is 1. The fourth-order valence-electron chi connectivity index (χ4n) is 1.58. The van der Waals surface area contributed by atoms with Gasteiger partial charge in [0.2, 0.25) is 5.91 Å². The van der Waals surface area contributed by atoms with Crippen molar-refractivity contribution in [1.82, 2.24) is 4.98 Å². The largest absolute Gasteiger partial charge is 0.319 e. The Labute approximate surface area is 114 Å². The van der Waals surface area contributed by atoms with Gasteiger partial charge in [-0.2, -0.15) is 0 Å². The summed E-state index contributed by atoms with van der Waals surface area (Å²) >= 11 is 0. The van der Waals surface area contributed by atoms with Gasteiger partial charge in [-0.15, -0.1) is 0 Å². The van der Waals surface area contributed by atoms with Gasteiger partial charge >= 0.3 is 0 Å². The van der Waals surface area contributed by atoms with Crippen LogP contribution in [-0.2, 0) is 4.79 Å². The Bertz CT molecular complexity index is 658. The lowest BCUT2D eigenvalue weighted by molar-refractivity contribution is -0.114. The zero-order valence-corrected chi connectivity index (χ0v) is 10.7. The predicted molar refractivity (Wildman–Crippen MR) is 72.9 cm³/mol. The number of amides is 2. The number of hydrogen-bond acceptors (Lipinski definition) is 3. The highest BCUT2D eigenvalue weighted by Crippen LogP contribution is 2.15. The molecular weight excluding hydrogens is 261 g/mol. The van der Waals surface area contributed by atoms with Crippen molar-refractivity contribution in [3.05, 3.63) is 54.0 Å². The third-order valence-electron chi connectivity index (χ3n) is 2.45. The van der Waals surface area contributed by atoms with Gasteiger partial charge in [0.15, 0.2) is 0 Å². The first-order valence-electron chi connectivity index (χ1n) is 5.86. The van der Waals surface area contributed by atoms with Crippen LogP contribution in [0.3, 0.4) is 0 Å². The first-order valence-corrected chi connectivity index (χ1v) is 5.86. The Balaban J connectivity index is 2.17. The summed E-state index contributed by atoms with van der Waals surface area (Å²) in [6.07, 6.45) is 1.39. The van der Waals surface area contributed by atoms with Crippen LogP contribution in [0.4, 0.5) is 15.9 Å². The predicted octanol–water partition coefficient (Wildman–Crippen LogP) is 2.43. The molecule has 5 nitrogen and oxygen atoms in total. The molecule has 0 radical (unpaired) electrons. The number of aromatic nitrogens is 1. The minimum atomic E-state index is -0.517. The molecule has 0 fully saturated rings. The first kappa shape index (κ1) is 13.7. The van der Waals surface area contributed by atoms with E-state index in [-0.39, 0.29) is 23.0 Å². The summed E-state index contributed by atoms with van der Waals surface area (Å²) in [6.45, 7) is 1.34. The average molecular weight is 273 g/mol. The molecular formula is C14H12FN3O2. The third-order valence-corrected chi connectivity index (χ3v) is 2.45. The lowest BCUT2D eigenvalue weighted by Gasteiger charge is -2.07. The number of hydrogen-bond donors (Lipinski definition) is 2. The van der Waals surface area contributed by atoms with Gasteiger partial charge in [0.05, 0.1) is 5.69 Å². The summed E-state index contributed by atoms with van der Waals surface area (Å²) in [7, 11) is 0. The maximum Gasteiger partial charge on any atom is 0.255 e. The Morgan fingerprint density at radius 1 is 1.15 bits per heavy atom. The van der Waals surface area contributed by atoms with Crippen LogP contribution in [0, 0.1) is 5.82 Å². The molecule has 1 heterocycles. The summed E-state index contributed by atoms with van der Waals surface area (Å²) in [5.41, 5.74) is 0.363. The highest BCUT2D eigenvalue weighted by molar-refractivity contribution is 6.05. The summed E-state index contributed by atoms with van der Waals surface area (Å²) in [5.74, 6) is -1.02. The van der Waals surface area contributed by atoms with Gasteiger partial charge in [-0.25, -0.2) is 9.37 Å². The number of carbonyl (C=O) groups is 2. The van der Waals surface area contributed by atoms with E-state index in [1.807, 2.05) is 0 Å². The van der Waals surface area contributed by atoms with Gasteiger partial charge in [-0.05, 0) is 24.3 Å². The zero-order chi connectivity index (χ0) is 14.5. The maximum absolute atomic E-state index is 13.4. The van der Waals surface area contributed by atoms with Gasteiger partial charge in [0.1, 0.15) is 11.6 Å². The van der Waals surface area contributed by atoms with E-state index in [2.05, 4.69) is 15.6 Å². The number of nitrogens with zero attached hydrogens (tertiary/aromatic N) is 1. The molecule has 1 aromatic carbocycles. The lowest BCUT2D eigenvalue weighted by atomic mass is 10.2. The fraction of sp³-hybridized carbons (Fsp3) is 0.0714. The van der Waals surface area contributed by atoms with Crippen molar-refractivity contribution in [3.8, 4) is 0 Å². The second-order valence-electron chi connectivity index (χ2n) is 4.04. The maximum atomic E-state index is 13.4. The van der Waals surface area contributed by atoms with Crippen LogP contribution in [0.5, 0.6) is 0 Å². The fourth-order valence-corrected chi connectivity index (χ4v) is 1.58. The Morgan fingerprint density at radius 3 is 2.60 bits per heavy atom. The van der Waals surface area contributed by atoms with Crippen LogP contribution in [0.25, 0.3) is 0 Å². The SMILES string of the molecule is CC(=O)Nc1cc(C(=O)Nc2ccccc2F)ccn1. The van der Waals surface area contributed by atoms with Crippen molar-refractivity contribution >= 4 is 23.3 Å². The Hall–Kier alpha value is -2.76. The molecule has 0 saturated heterocycles. The lowest BCUT2D eigenvalue weighted by Crippen LogP contribution is -2.14. The van der Waals surface area contributed by atoms with E-state index in [0.29, 0.717) is 0 Å². The smallest absolute Gasteiger partial charge is 0.255 e. The Morgan fingerprint density at radius 2 is 1.90 bits per heavy atom. The molecule has 0 bridgehead atoms. The van der Waals surface area contributed by atoms with Crippen LogP contribution in [0.1, 0.15) is 17.3 Å². The van der Waals surface area contributed by atoms with Crippen LogP contribution in [0.15, 0.2) is 42.6 Å². The van der Waals surface area contributed by atoms with E-state index in [1.165, 1.54) is 43.5 Å². The molecule has 0 unspecified atom stereocenters. The standard InChI is InChI=1S/C14H12FN3O2/c1-9(19)17-13-8-10(6-7-16-13)14(20)18-12-5-3-2-4-11(12)15/h2-8H,1H3,(H,18,20)(H,16,17,19). The van der Waals surface area contributed by atoms with Crippen molar-refractivity contribution in [2.45, 2.75) is 6.92 Å². The molecule has 6 heteroatoms. The van der Waals surface area contributed by atoms with Gasteiger partial charge in [-0.3, -0.25) is 9.59 Å².